The van der Waals surface area contributed by atoms with Gasteiger partial charge in [-0.1, -0.05) is 40.5 Å². The van der Waals surface area contributed by atoms with Crippen LogP contribution in [0.25, 0.3) is 0 Å². The van der Waals surface area contributed by atoms with Gasteiger partial charge in [0.2, 0.25) is 0 Å². The van der Waals surface area contributed by atoms with Crippen molar-refractivity contribution >= 4 is 27.5 Å². The lowest BCUT2D eigenvalue weighted by molar-refractivity contribution is 0.529. The second-order valence-corrected chi connectivity index (χ2v) is 6.04. The highest BCUT2D eigenvalue weighted by Gasteiger charge is 2.43. The molecule has 0 nitrogen and oxygen atoms in total. The zero-order chi connectivity index (χ0) is 11.1. The molecule has 1 aliphatic rings. The lowest BCUT2D eigenvalue weighted by atomic mass is 9.98. The van der Waals surface area contributed by atoms with Crippen molar-refractivity contribution in [3.63, 3.8) is 0 Å². The van der Waals surface area contributed by atoms with Crippen LogP contribution in [0, 0.1) is 11.2 Å². The van der Waals surface area contributed by atoms with Gasteiger partial charge in [0.05, 0.1) is 0 Å². The molecule has 0 amide bonds. The highest BCUT2D eigenvalue weighted by atomic mass is 79.9. The molecule has 1 aliphatic carbocycles. The summed E-state index contributed by atoms with van der Waals surface area (Å²) >= 11 is 9.62. The van der Waals surface area contributed by atoms with E-state index < -0.39 is 0 Å². The van der Waals surface area contributed by atoms with Crippen LogP contribution in [-0.2, 0) is 6.42 Å². The molecule has 0 aromatic heterocycles. The van der Waals surface area contributed by atoms with E-state index in [0.29, 0.717) is 27.2 Å². The van der Waals surface area contributed by atoms with Crippen LogP contribution in [0.15, 0.2) is 18.2 Å². The highest BCUT2D eigenvalue weighted by molar-refractivity contribution is 9.09. The first-order valence-corrected chi connectivity index (χ1v) is 6.39. The topological polar surface area (TPSA) is 0 Å². The summed E-state index contributed by atoms with van der Waals surface area (Å²) in [6.07, 6.45) is 3.10. The molecule has 0 aliphatic heterocycles. The molecule has 15 heavy (non-hydrogen) atoms. The van der Waals surface area contributed by atoms with Gasteiger partial charge in [0.15, 0.2) is 0 Å². The Morgan fingerprint density at radius 2 is 2.20 bits per heavy atom. The van der Waals surface area contributed by atoms with Crippen molar-refractivity contribution in [1.82, 2.24) is 0 Å². The maximum Gasteiger partial charge on any atom is 0.127 e. The van der Waals surface area contributed by atoms with E-state index in [2.05, 4.69) is 22.9 Å². The Hall–Kier alpha value is -0.0800. The molecule has 0 heterocycles. The third kappa shape index (κ3) is 2.36. The fourth-order valence-corrected chi connectivity index (χ4v) is 2.69. The van der Waals surface area contributed by atoms with E-state index in [-0.39, 0.29) is 5.82 Å². The maximum atomic E-state index is 13.5. The summed E-state index contributed by atoms with van der Waals surface area (Å²) in [4.78, 5) is 0.319. The monoisotopic (exact) mass is 290 g/mol. The Morgan fingerprint density at radius 3 is 2.73 bits per heavy atom. The molecule has 3 heteroatoms. The molecule has 1 aromatic rings. The van der Waals surface area contributed by atoms with E-state index in [4.69, 9.17) is 11.6 Å². The molecule has 1 atom stereocenters. The molecular weight excluding hydrogens is 278 g/mol. The molecule has 1 aromatic carbocycles. The Kier molecular flexibility index (Phi) is 3.09. The Labute approximate surface area is 103 Å². The van der Waals surface area contributed by atoms with Crippen LogP contribution < -0.4 is 0 Å². The molecule has 1 fully saturated rings. The summed E-state index contributed by atoms with van der Waals surface area (Å²) in [5, 5.41) is 0.531. The van der Waals surface area contributed by atoms with Crippen LogP contribution in [0.5, 0.6) is 0 Å². The van der Waals surface area contributed by atoms with E-state index in [1.165, 1.54) is 18.9 Å². The zero-order valence-electron chi connectivity index (χ0n) is 8.56. The third-order valence-electron chi connectivity index (χ3n) is 3.24. The number of hydrogen-bond donors (Lipinski definition) is 0. The average Bonchev–Trinajstić information content (AvgIpc) is 2.91. The van der Waals surface area contributed by atoms with Gasteiger partial charge in [0.25, 0.3) is 0 Å². The van der Waals surface area contributed by atoms with Crippen molar-refractivity contribution in [3.05, 3.63) is 34.6 Å². The van der Waals surface area contributed by atoms with Crippen molar-refractivity contribution < 1.29 is 4.39 Å². The molecule has 0 bridgehead atoms. The molecule has 0 spiro atoms. The van der Waals surface area contributed by atoms with Gasteiger partial charge in [-0.15, -0.1) is 0 Å². The van der Waals surface area contributed by atoms with E-state index >= 15 is 0 Å². The molecule has 0 radical (unpaired) electrons. The minimum atomic E-state index is -0.198. The van der Waals surface area contributed by atoms with E-state index in [1.807, 2.05) is 0 Å². The second-order valence-electron chi connectivity index (χ2n) is 4.53. The normalized spacial score (nSPS) is 20.0. The minimum absolute atomic E-state index is 0.198. The van der Waals surface area contributed by atoms with Gasteiger partial charge < -0.3 is 0 Å². The molecule has 2 rings (SSSR count). The number of rotatable bonds is 3. The average molecular weight is 292 g/mol. The summed E-state index contributed by atoms with van der Waals surface area (Å²) in [6, 6.07) is 4.86. The predicted octanol–water partition coefficient (Wildman–Crippen LogP) is 4.59. The van der Waals surface area contributed by atoms with Gasteiger partial charge in [-0.2, -0.15) is 0 Å². The maximum absolute atomic E-state index is 13.5. The summed E-state index contributed by atoms with van der Waals surface area (Å²) in [5.41, 5.74) is 0.972. The SMILES string of the molecule is CC1(C(Br)Cc2c(F)cccc2Cl)CC1. The van der Waals surface area contributed by atoms with Gasteiger partial charge in [-0.3, -0.25) is 0 Å². The smallest absolute Gasteiger partial charge is 0.127 e. The Balaban J connectivity index is 2.16. The van der Waals surface area contributed by atoms with Crippen LogP contribution in [0.4, 0.5) is 4.39 Å². The van der Waals surface area contributed by atoms with E-state index in [0.717, 1.165) is 0 Å². The van der Waals surface area contributed by atoms with Crippen LogP contribution in [0.3, 0.4) is 0 Å². The van der Waals surface area contributed by atoms with Crippen molar-refractivity contribution in [1.29, 1.82) is 0 Å². The highest BCUT2D eigenvalue weighted by Crippen LogP contribution is 2.52. The van der Waals surface area contributed by atoms with E-state index in [9.17, 15) is 4.39 Å². The number of alkyl halides is 1. The summed E-state index contributed by atoms with van der Waals surface area (Å²) in [7, 11) is 0. The molecule has 1 unspecified atom stereocenters. The van der Waals surface area contributed by atoms with Crippen molar-refractivity contribution in [2.75, 3.05) is 0 Å². The number of halogens is 3. The fourth-order valence-electron chi connectivity index (χ4n) is 1.66. The number of benzene rings is 1. The van der Waals surface area contributed by atoms with Gasteiger partial charge in [0.1, 0.15) is 5.82 Å². The third-order valence-corrected chi connectivity index (χ3v) is 5.02. The lowest BCUT2D eigenvalue weighted by Gasteiger charge is -2.17. The quantitative estimate of drug-likeness (QED) is 0.715. The fraction of sp³-hybridized carbons (Fsp3) is 0.500. The van der Waals surface area contributed by atoms with Crippen molar-refractivity contribution in [2.45, 2.75) is 31.0 Å². The van der Waals surface area contributed by atoms with Gasteiger partial charge in [-0.25, -0.2) is 4.39 Å². The van der Waals surface area contributed by atoms with Crippen LogP contribution in [-0.4, -0.2) is 4.83 Å². The molecule has 0 N–H and O–H groups in total. The molecule has 1 saturated carbocycles. The Bertz CT molecular complexity index is 354. The summed E-state index contributed by atoms with van der Waals surface area (Å²) < 4.78 is 13.5. The van der Waals surface area contributed by atoms with Crippen LogP contribution >= 0.6 is 27.5 Å². The summed E-state index contributed by atoms with van der Waals surface area (Å²) in [5.74, 6) is -0.198. The minimum Gasteiger partial charge on any atom is -0.207 e. The predicted molar refractivity (Wildman–Crippen MR) is 65.2 cm³/mol. The first-order chi connectivity index (χ1) is 7.03. The van der Waals surface area contributed by atoms with Crippen LogP contribution in [0.2, 0.25) is 5.02 Å². The lowest BCUT2D eigenvalue weighted by Crippen LogP contribution is -2.15. The molecule has 0 saturated heterocycles. The zero-order valence-corrected chi connectivity index (χ0v) is 10.9. The van der Waals surface area contributed by atoms with Gasteiger partial charge in [-0.05, 0) is 36.8 Å². The van der Waals surface area contributed by atoms with E-state index in [1.54, 1.807) is 12.1 Å². The molecular formula is C12H13BrClF. The second kappa shape index (κ2) is 4.06. The molecule has 82 valence electrons. The van der Waals surface area contributed by atoms with Crippen molar-refractivity contribution in [2.24, 2.45) is 5.41 Å². The number of hydrogen-bond acceptors (Lipinski definition) is 0. The first kappa shape index (κ1) is 11.4. The van der Waals surface area contributed by atoms with Crippen LogP contribution in [0.1, 0.15) is 25.3 Å². The summed E-state index contributed by atoms with van der Waals surface area (Å²) in [6.45, 7) is 2.22. The standard InChI is InChI=1S/C12H13BrClF/c1-12(5-6-12)11(13)7-8-9(14)3-2-4-10(8)15/h2-4,11H,5-7H2,1H3. The largest absolute Gasteiger partial charge is 0.207 e. The van der Waals surface area contributed by atoms with Crippen molar-refractivity contribution in [3.8, 4) is 0 Å². The van der Waals surface area contributed by atoms with Gasteiger partial charge in [0, 0.05) is 15.4 Å². The Morgan fingerprint density at radius 1 is 1.53 bits per heavy atom. The van der Waals surface area contributed by atoms with Gasteiger partial charge >= 0.3 is 0 Å². The first-order valence-electron chi connectivity index (χ1n) is 5.10.